The summed E-state index contributed by atoms with van der Waals surface area (Å²) in [6, 6.07) is 7.91. The lowest BCUT2D eigenvalue weighted by Crippen LogP contribution is -2.10. The summed E-state index contributed by atoms with van der Waals surface area (Å²) < 4.78 is 0. The van der Waals surface area contributed by atoms with E-state index in [0.717, 1.165) is 5.56 Å². The van der Waals surface area contributed by atoms with E-state index in [1.54, 1.807) is 6.08 Å². The lowest BCUT2D eigenvalue weighted by molar-refractivity contribution is -0.113. The molecule has 0 aromatic heterocycles. The number of carbonyl (C=O) groups excluding carboxylic acids is 1. The zero-order valence-corrected chi connectivity index (χ0v) is 10.2. The summed E-state index contributed by atoms with van der Waals surface area (Å²) in [5.74, 6) is -0.590. The zero-order chi connectivity index (χ0) is 12.9. The van der Waals surface area contributed by atoms with Crippen molar-refractivity contribution in [1.29, 1.82) is 0 Å². The van der Waals surface area contributed by atoms with Crippen LogP contribution in [0.1, 0.15) is 31.9 Å². The number of amides is 1. The second-order valence-electron chi connectivity index (χ2n) is 4.73. The summed E-state index contributed by atoms with van der Waals surface area (Å²) in [5.41, 5.74) is 10.3. The minimum atomic E-state index is -0.590. The van der Waals surface area contributed by atoms with Gasteiger partial charge in [-0.05, 0) is 33.3 Å². The molecular formula is C13H15N3O. The molecular weight excluding hydrogens is 214 g/mol. The quantitative estimate of drug-likeness (QED) is 0.329. The molecule has 0 unspecified atom stereocenters. The van der Waals surface area contributed by atoms with Crippen molar-refractivity contribution in [3.05, 3.63) is 51.9 Å². The molecule has 0 aliphatic rings. The van der Waals surface area contributed by atoms with Gasteiger partial charge in [-0.1, -0.05) is 51.1 Å². The summed E-state index contributed by atoms with van der Waals surface area (Å²) in [6.07, 6.45) is 2.88. The number of azide groups is 1. The Labute approximate surface area is 101 Å². The predicted octanol–water partition coefficient (Wildman–Crippen LogP) is 3.83. The maximum absolute atomic E-state index is 10.9. The van der Waals surface area contributed by atoms with E-state index in [1.165, 1.54) is 11.6 Å². The molecule has 0 bridgehead atoms. The number of benzene rings is 1. The van der Waals surface area contributed by atoms with Crippen molar-refractivity contribution >= 4 is 12.0 Å². The standard InChI is InChI=1S/C13H15N3O/c1-13(2,3)11-7-4-10(5-8-11)6-9-12(17)15-16-14/h4-9H,1-3H3/b9-6+. The first kappa shape index (κ1) is 13.0. The van der Waals surface area contributed by atoms with Gasteiger partial charge < -0.3 is 0 Å². The van der Waals surface area contributed by atoms with Crippen molar-refractivity contribution in [1.82, 2.24) is 0 Å². The van der Waals surface area contributed by atoms with E-state index in [0.29, 0.717) is 0 Å². The Kier molecular flexibility index (Phi) is 4.07. The number of hydrogen-bond acceptors (Lipinski definition) is 1. The first-order chi connectivity index (χ1) is 7.93. The first-order valence-electron chi connectivity index (χ1n) is 5.31. The van der Waals surface area contributed by atoms with E-state index >= 15 is 0 Å². The van der Waals surface area contributed by atoms with Crippen molar-refractivity contribution in [3.8, 4) is 0 Å². The second kappa shape index (κ2) is 5.32. The molecule has 0 N–H and O–H groups in total. The fourth-order valence-electron chi connectivity index (χ4n) is 1.34. The molecule has 0 spiro atoms. The SMILES string of the molecule is CC(C)(C)c1ccc(/C=C/C(=O)N=[N+]=[N-])cc1. The van der Waals surface area contributed by atoms with Gasteiger partial charge in [0.05, 0.1) is 0 Å². The molecule has 0 fully saturated rings. The van der Waals surface area contributed by atoms with Crippen LogP contribution in [0.5, 0.6) is 0 Å². The van der Waals surface area contributed by atoms with Gasteiger partial charge in [-0.3, -0.25) is 4.79 Å². The molecule has 0 saturated carbocycles. The van der Waals surface area contributed by atoms with Gasteiger partial charge in [-0.2, -0.15) is 0 Å². The molecule has 1 aromatic rings. The van der Waals surface area contributed by atoms with E-state index in [9.17, 15) is 4.79 Å². The van der Waals surface area contributed by atoms with E-state index in [-0.39, 0.29) is 5.41 Å². The Bertz CT molecular complexity index is 474. The average molecular weight is 229 g/mol. The molecule has 0 aliphatic heterocycles. The molecule has 0 atom stereocenters. The van der Waals surface area contributed by atoms with Crippen molar-refractivity contribution in [2.45, 2.75) is 26.2 Å². The van der Waals surface area contributed by atoms with Crippen molar-refractivity contribution < 1.29 is 4.79 Å². The van der Waals surface area contributed by atoms with Gasteiger partial charge in [-0.15, -0.1) is 0 Å². The van der Waals surface area contributed by atoms with E-state index < -0.39 is 5.91 Å². The fourth-order valence-corrected chi connectivity index (χ4v) is 1.34. The molecule has 4 nitrogen and oxygen atoms in total. The number of rotatable bonds is 2. The number of nitrogens with zero attached hydrogens (tertiary/aromatic N) is 3. The van der Waals surface area contributed by atoms with Gasteiger partial charge in [0.1, 0.15) is 0 Å². The smallest absolute Gasteiger partial charge is 0.242 e. The highest BCUT2D eigenvalue weighted by molar-refractivity contribution is 5.92. The highest BCUT2D eigenvalue weighted by atomic mass is 16.1. The predicted molar refractivity (Wildman–Crippen MR) is 68.3 cm³/mol. The van der Waals surface area contributed by atoms with Crippen molar-refractivity contribution in [2.75, 3.05) is 0 Å². The second-order valence-corrected chi connectivity index (χ2v) is 4.73. The summed E-state index contributed by atoms with van der Waals surface area (Å²) in [7, 11) is 0. The molecule has 0 saturated heterocycles. The average Bonchev–Trinajstić information content (AvgIpc) is 2.26. The molecule has 1 aromatic carbocycles. The Morgan fingerprint density at radius 1 is 1.29 bits per heavy atom. The van der Waals surface area contributed by atoms with Crippen molar-refractivity contribution in [3.63, 3.8) is 0 Å². The lowest BCUT2D eigenvalue weighted by atomic mass is 9.87. The molecule has 0 heterocycles. The minimum Gasteiger partial charge on any atom is -0.288 e. The highest BCUT2D eigenvalue weighted by Crippen LogP contribution is 2.22. The van der Waals surface area contributed by atoms with Gasteiger partial charge in [0.25, 0.3) is 0 Å². The van der Waals surface area contributed by atoms with Crippen LogP contribution in [-0.4, -0.2) is 5.91 Å². The molecule has 0 aliphatic carbocycles. The molecule has 0 radical (unpaired) electrons. The lowest BCUT2D eigenvalue weighted by Gasteiger charge is -2.18. The number of carbonyl (C=O) groups is 1. The monoisotopic (exact) mass is 229 g/mol. The third-order valence-electron chi connectivity index (χ3n) is 2.34. The first-order valence-corrected chi connectivity index (χ1v) is 5.31. The highest BCUT2D eigenvalue weighted by Gasteiger charge is 2.12. The molecule has 4 heteroatoms. The summed E-state index contributed by atoms with van der Waals surface area (Å²) >= 11 is 0. The van der Waals surface area contributed by atoms with E-state index in [2.05, 4.69) is 30.8 Å². The molecule has 1 rings (SSSR count). The molecule has 1 amide bonds. The van der Waals surface area contributed by atoms with Gasteiger partial charge in [-0.25, -0.2) is 0 Å². The third kappa shape index (κ3) is 4.13. The Morgan fingerprint density at radius 3 is 2.35 bits per heavy atom. The Balaban J connectivity index is 2.82. The Hall–Kier alpha value is -2.06. The minimum absolute atomic E-state index is 0.114. The van der Waals surface area contributed by atoms with Crippen molar-refractivity contribution in [2.24, 2.45) is 5.11 Å². The fraction of sp³-hybridized carbons (Fsp3) is 0.308. The summed E-state index contributed by atoms with van der Waals surface area (Å²) in [5, 5.41) is 2.95. The van der Waals surface area contributed by atoms with Crippen LogP contribution in [0, 0.1) is 0 Å². The van der Waals surface area contributed by atoms with E-state index in [1.807, 2.05) is 24.3 Å². The summed E-state index contributed by atoms with van der Waals surface area (Å²) in [6.45, 7) is 6.43. The van der Waals surface area contributed by atoms with Crippen LogP contribution < -0.4 is 0 Å². The van der Waals surface area contributed by atoms with Crippen LogP contribution in [-0.2, 0) is 10.2 Å². The van der Waals surface area contributed by atoms with Crippen LogP contribution >= 0.6 is 0 Å². The normalized spacial score (nSPS) is 11.2. The Morgan fingerprint density at radius 2 is 1.88 bits per heavy atom. The van der Waals surface area contributed by atoms with Crippen LogP contribution in [0.3, 0.4) is 0 Å². The van der Waals surface area contributed by atoms with Gasteiger partial charge in [0.2, 0.25) is 5.91 Å². The van der Waals surface area contributed by atoms with E-state index in [4.69, 9.17) is 5.53 Å². The van der Waals surface area contributed by atoms with Crippen LogP contribution in [0.2, 0.25) is 0 Å². The van der Waals surface area contributed by atoms with Gasteiger partial charge >= 0.3 is 0 Å². The van der Waals surface area contributed by atoms with Crippen LogP contribution in [0.4, 0.5) is 0 Å². The largest absolute Gasteiger partial charge is 0.288 e. The maximum atomic E-state index is 10.9. The maximum Gasteiger partial charge on any atom is 0.242 e. The van der Waals surface area contributed by atoms with Gasteiger partial charge in [0.15, 0.2) is 0 Å². The third-order valence-corrected chi connectivity index (χ3v) is 2.34. The van der Waals surface area contributed by atoms with Crippen LogP contribution in [0.25, 0.3) is 16.5 Å². The van der Waals surface area contributed by atoms with Crippen LogP contribution in [0.15, 0.2) is 35.5 Å². The topological polar surface area (TPSA) is 65.8 Å². The van der Waals surface area contributed by atoms with Gasteiger partial charge in [0, 0.05) is 4.91 Å². The molecule has 17 heavy (non-hydrogen) atoms. The number of hydrogen-bond donors (Lipinski definition) is 0. The summed E-state index contributed by atoms with van der Waals surface area (Å²) in [4.78, 5) is 13.4. The molecule has 88 valence electrons. The zero-order valence-electron chi connectivity index (χ0n) is 10.2.